The maximum Gasteiger partial charge on any atom is 0.278 e. The number of ether oxygens (including phenoxy) is 3. The maximum atomic E-state index is 13.0. The van der Waals surface area contributed by atoms with Crippen LogP contribution in [0.15, 0.2) is 0 Å². The molecule has 0 unspecified atom stereocenters. The minimum atomic E-state index is -4.05. The predicted octanol–water partition coefficient (Wildman–Crippen LogP) is 6.87. The number of hydrogen-bond acceptors (Lipinski definition) is 9. The number of rotatable bonds is 26. The van der Waals surface area contributed by atoms with Gasteiger partial charge in [0.1, 0.15) is 5.88 Å². The molecule has 0 aromatic rings. The molecule has 54 heavy (non-hydrogen) atoms. The van der Waals surface area contributed by atoms with E-state index < -0.39 is 16.0 Å². The Morgan fingerprint density at radius 2 is 1.56 bits per heavy atom. The zero-order chi connectivity index (χ0) is 39.2. The largest absolute Gasteiger partial charge is 0.378 e. The summed E-state index contributed by atoms with van der Waals surface area (Å²) < 4.78 is 51.9. The SMILES string of the molecule is CCCCCCCCNC(=O)CC[C@@H](C)[C@H]1CC[C@H]2[C@@H]3[C@H](OCCCNCS(=O)(=O)O)C[C@@H]4C[C@H](OCNCC)CC[C@]4(C)[C@H]3C[C@H](OCNCC)[C@]12C. The highest BCUT2D eigenvalue weighted by molar-refractivity contribution is 7.85. The Morgan fingerprint density at radius 3 is 2.28 bits per heavy atom. The van der Waals surface area contributed by atoms with Gasteiger partial charge in [-0.05, 0) is 125 Å². The summed E-state index contributed by atoms with van der Waals surface area (Å²) in [5, 5.41) is 12.9. The topological polar surface area (TPSA) is 147 Å². The van der Waals surface area contributed by atoms with E-state index >= 15 is 0 Å². The number of hydrogen-bond donors (Lipinski definition) is 5. The second kappa shape index (κ2) is 22.3. The molecular weight excluding hydrogens is 705 g/mol. The number of nitrogens with one attached hydrogen (secondary N) is 4. The lowest BCUT2D eigenvalue weighted by atomic mass is 9.43. The molecule has 12 heteroatoms. The van der Waals surface area contributed by atoms with Gasteiger partial charge in [-0.3, -0.25) is 20.0 Å². The molecule has 4 aliphatic carbocycles. The molecule has 4 rings (SSSR count). The molecule has 0 heterocycles. The minimum absolute atomic E-state index is 0.0288. The number of fused-ring (bicyclic) bond motifs is 5. The van der Waals surface area contributed by atoms with E-state index in [0.29, 0.717) is 75.0 Å². The molecule has 0 aromatic carbocycles. The third kappa shape index (κ3) is 12.3. The molecule has 0 aliphatic heterocycles. The van der Waals surface area contributed by atoms with Crippen LogP contribution in [0, 0.1) is 46.3 Å². The van der Waals surface area contributed by atoms with E-state index in [4.69, 9.17) is 18.8 Å². The average Bonchev–Trinajstić information content (AvgIpc) is 3.49. The lowest BCUT2D eigenvalue weighted by Crippen LogP contribution is -2.63. The van der Waals surface area contributed by atoms with Gasteiger partial charge in [0.2, 0.25) is 5.91 Å². The Morgan fingerprint density at radius 1 is 0.833 bits per heavy atom. The highest BCUT2D eigenvalue weighted by atomic mass is 32.2. The van der Waals surface area contributed by atoms with Gasteiger partial charge in [-0.25, -0.2) is 0 Å². The third-order valence-corrected chi connectivity index (χ3v) is 15.1. The van der Waals surface area contributed by atoms with Crippen molar-refractivity contribution in [3.63, 3.8) is 0 Å². The lowest BCUT2D eigenvalue weighted by Gasteiger charge is -2.64. The second-order valence-corrected chi connectivity index (χ2v) is 19.3. The first-order valence-corrected chi connectivity index (χ1v) is 23.7. The highest BCUT2D eigenvalue weighted by Gasteiger charge is 2.66. The van der Waals surface area contributed by atoms with E-state index in [0.717, 1.165) is 77.4 Å². The van der Waals surface area contributed by atoms with Gasteiger partial charge in [-0.1, -0.05) is 73.6 Å². The molecule has 0 spiro atoms. The van der Waals surface area contributed by atoms with Gasteiger partial charge in [0.25, 0.3) is 10.1 Å². The predicted molar refractivity (Wildman–Crippen MR) is 216 cm³/mol. The Labute approximate surface area is 329 Å². The van der Waals surface area contributed by atoms with Crippen molar-refractivity contribution in [2.75, 3.05) is 52.1 Å². The Bertz CT molecular complexity index is 1210. The van der Waals surface area contributed by atoms with Crippen molar-refractivity contribution in [3.8, 4) is 0 Å². The van der Waals surface area contributed by atoms with Crippen molar-refractivity contribution in [1.29, 1.82) is 0 Å². The van der Waals surface area contributed by atoms with Crippen molar-refractivity contribution in [3.05, 3.63) is 0 Å². The molecule has 316 valence electrons. The van der Waals surface area contributed by atoms with Crippen LogP contribution < -0.4 is 21.3 Å². The van der Waals surface area contributed by atoms with Gasteiger partial charge in [0, 0.05) is 25.0 Å². The standard InChI is InChI=1S/C42H80N4O7S/c1-7-10-11-12-13-14-23-46-39(47)19-16-31(4)34-17-18-35-40-36(27-38(42(34,35)6)53-29-44-9-3)41(5)21-20-33(52-28-43-8-2)25-32(41)26-37(40)51-24-15-22-45-30-54(48,49)50/h31-38,40,43-45H,7-30H2,1-6H3,(H,46,47)(H,48,49,50)/t31-,32+,33-,34-,35+,36+,37-,38+,40+,41+,42-/m1/s1. The van der Waals surface area contributed by atoms with Crippen LogP contribution in [0.3, 0.4) is 0 Å². The lowest BCUT2D eigenvalue weighted by molar-refractivity contribution is -0.228. The molecule has 0 saturated heterocycles. The monoisotopic (exact) mass is 785 g/mol. The zero-order valence-corrected chi connectivity index (χ0v) is 35.8. The minimum Gasteiger partial charge on any atom is -0.378 e. The van der Waals surface area contributed by atoms with Gasteiger partial charge in [0.05, 0.1) is 31.8 Å². The number of amides is 1. The summed E-state index contributed by atoms with van der Waals surface area (Å²) in [5.74, 6) is 2.46. The smallest absolute Gasteiger partial charge is 0.278 e. The molecule has 4 fully saturated rings. The van der Waals surface area contributed by atoms with Gasteiger partial charge in [-0.15, -0.1) is 0 Å². The van der Waals surface area contributed by atoms with Crippen LogP contribution in [0.5, 0.6) is 0 Å². The van der Waals surface area contributed by atoms with Gasteiger partial charge >= 0.3 is 0 Å². The van der Waals surface area contributed by atoms with Gasteiger partial charge in [-0.2, -0.15) is 8.42 Å². The molecule has 0 aromatic heterocycles. The fourth-order valence-corrected chi connectivity index (χ4v) is 12.0. The van der Waals surface area contributed by atoms with Gasteiger partial charge in [0.15, 0.2) is 0 Å². The summed E-state index contributed by atoms with van der Waals surface area (Å²) in [6.07, 6.45) is 17.6. The summed E-state index contributed by atoms with van der Waals surface area (Å²) in [4.78, 5) is 13.0. The molecule has 0 radical (unpaired) electrons. The zero-order valence-electron chi connectivity index (χ0n) is 35.0. The van der Waals surface area contributed by atoms with E-state index in [1.54, 1.807) is 0 Å². The van der Waals surface area contributed by atoms with Crippen LogP contribution in [-0.2, 0) is 29.1 Å². The Balaban J connectivity index is 1.50. The number of unbranched alkanes of at least 4 members (excludes halogenated alkanes) is 5. The summed E-state index contributed by atoms with van der Waals surface area (Å²) in [5.41, 5.74) is 0.150. The fourth-order valence-electron chi connectivity index (χ4n) is 11.6. The molecule has 11 nitrogen and oxygen atoms in total. The van der Waals surface area contributed by atoms with Crippen molar-refractivity contribution >= 4 is 16.0 Å². The molecule has 0 bridgehead atoms. The Kier molecular flexibility index (Phi) is 19.0. The van der Waals surface area contributed by atoms with Crippen molar-refractivity contribution < 1.29 is 32.0 Å². The van der Waals surface area contributed by atoms with Gasteiger partial charge < -0.3 is 24.8 Å². The number of carbonyl (C=O) groups is 1. The first-order valence-electron chi connectivity index (χ1n) is 22.1. The number of carbonyl (C=O) groups excluding carboxylic acids is 1. The summed E-state index contributed by atoms with van der Waals surface area (Å²) in [6, 6.07) is 0. The molecule has 4 saturated carbocycles. The fraction of sp³-hybridized carbons (Fsp3) is 0.976. The normalized spacial score (nSPS) is 34.2. The molecule has 11 atom stereocenters. The van der Waals surface area contributed by atoms with Crippen LogP contribution in [0.4, 0.5) is 0 Å². The average molecular weight is 785 g/mol. The Hall–Kier alpha value is -0.860. The van der Waals surface area contributed by atoms with E-state index in [2.05, 4.69) is 62.8 Å². The summed E-state index contributed by atoms with van der Waals surface area (Å²) in [7, 11) is -4.05. The van der Waals surface area contributed by atoms with Crippen LogP contribution in [-0.4, -0.2) is 89.3 Å². The van der Waals surface area contributed by atoms with E-state index in [1.165, 1.54) is 32.1 Å². The quantitative estimate of drug-likeness (QED) is 0.0358. The third-order valence-electron chi connectivity index (χ3n) is 14.5. The van der Waals surface area contributed by atoms with Crippen molar-refractivity contribution in [1.82, 2.24) is 21.3 Å². The molecule has 4 aliphatic rings. The first-order chi connectivity index (χ1) is 25.9. The van der Waals surface area contributed by atoms with Crippen molar-refractivity contribution in [2.24, 2.45) is 46.3 Å². The second-order valence-electron chi connectivity index (χ2n) is 17.9. The summed E-state index contributed by atoms with van der Waals surface area (Å²) in [6.45, 7) is 18.7. The maximum absolute atomic E-state index is 13.0. The molecule has 5 N–H and O–H groups in total. The van der Waals surface area contributed by atoms with Crippen molar-refractivity contribution in [2.45, 2.75) is 163 Å². The van der Waals surface area contributed by atoms with E-state index in [1.807, 2.05) is 0 Å². The summed E-state index contributed by atoms with van der Waals surface area (Å²) >= 11 is 0. The van der Waals surface area contributed by atoms with E-state index in [-0.39, 0.29) is 35.0 Å². The molecule has 1 amide bonds. The van der Waals surface area contributed by atoms with E-state index in [9.17, 15) is 13.2 Å². The van der Waals surface area contributed by atoms with Crippen LogP contribution >= 0.6 is 0 Å². The first kappa shape index (κ1) is 45.8. The van der Waals surface area contributed by atoms with Crippen LogP contribution in [0.1, 0.15) is 144 Å². The molecular formula is C42H80N4O7S. The highest BCUT2D eigenvalue weighted by Crippen LogP contribution is 2.69. The van der Waals surface area contributed by atoms with Crippen LogP contribution in [0.25, 0.3) is 0 Å². The van der Waals surface area contributed by atoms with Crippen LogP contribution in [0.2, 0.25) is 0 Å².